The second-order valence-corrected chi connectivity index (χ2v) is 4.11. The average Bonchev–Trinajstić information content (AvgIpc) is 2.29. The van der Waals surface area contributed by atoms with Gasteiger partial charge in [-0.05, 0) is 23.6 Å². The highest BCUT2D eigenvalue weighted by Gasteiger charge is 2.11. The van der Waals surface area contributed by atoms with Gasteiger partial charge >= 0.3 is 6.09 Å². The number of rotatable bonds is 3. The van der Waals surface area contributed by atoms with Gasteiger partial charge in [-0.1, -0.05) is 26.0 Å². The van der Waals surface area contributed by atoms with E-state index in [9.17, 15) is 4.79 Å². The molecule has 1 rings (SSSR count). The highest BCUT2D eigenvalue weighted by atomic mass is 16.6. The van der Waals surface area contributed by atoms with Crippen LogP contribution in [-0.4, -0.2) is 24.6 Å². The van der Waals surface area contributed by atoms with Crippen molar-refractivity contribution in [3.8, 4) is 11.8 Å². The lowest BCUT2D eigenvalue weighted by atomic mass is 10.0. The largest absolute Gasteiger partial charge is 0.415 e. The van der Waals surface area contributed by atoms with Crippen LogP contribution in [0.25, 0.3) is 0 Å². The zero-order valence-electron chi connectivity index (χ0n) is 10.3. The summed E-state index contributed by atoms with van der Waals surface area (Å²) in [5, 5.41) is 8.47. The SMILES string of the molecule is CC(C)c1cccc(OC(=O)N(C)CC#N)c1. The Morgan fingerprint density at radius 3 is 2.82 bits per heavy atom. The molecule has 17 heavy (non-hydrogen) atoms. The lowest BCUT2D eigenvalue weighted by molar-refractivity contribution is 0.168. The number of nitriles is 1. The minimum Gasteiger partial charge on any atom is -0.410 e. The monoisotopic (exact) mass is 232 g/mol. The molecule has 0 aliphatic heterocycles. The van der Waals surface area contributed by atoms with E-state index in [2.05, 4.69) is 13.8 Å². The molecule has 0 fully saturated rings. The summed E-state index contributed by atoms with van der Waals surface area (Å²) in [6.07, 6.45) is -0.521. The summed E-state index contributed by atoms with van der Waals surface area (Å²) in [7, 11) is 1.53. The third-order valence-corrected chi connectivity index (χ3v) is 2.35. The lowest BCUT2D eigenvalue weighted by Gasteiger charge is -2.14. The molecule has 4 heteroatoms. The molecular weight excluding hydrogens is 216 g/mol. The Hall–Kier alpha value is -2.02. The number of ether oxygens (including phenoxy) is 1. The summed E-state index contributed by atoms with van der Waals surface area (Å²) in [6.45, 7) is 4.16. The van der Waals surface area contributed by atoms with E-state index in [0.717, 1.165) is 5.56 Å². The summed E-state index contributed by atoms with van der Waals surface area (Å²) in [5.74, 6) is 0.886. The van der Waals surface area contributed by atoms with E-state index in [0.29, 0.717) is 11.7 Å². The normalized spacial score (nSPS) is 9.82. The lowest BCUT2D eigenvalue weighted by Crippen LogP contribution is -2.29. The first-order chi connectivity index (χ1) is 8.04. The molecule has 0 atom stereocenters. The number of carbonyl (C=O) groups excluding carboxylic acids is 1. The van der Waals surface area contributed by atoms with E-state index in [1.165, 1.54) is 11.9 Å². The number of hydrogen-bond acceptors (Lipinski definition) is 3. The first-order valence-corrected chi connectivity index (χ1v) is 5.44. The topological polar surface area (TPSA) is 53.3 Å². The number of nitrogens with zero attached hydrogens (tertiary/aromatic N) is 2. The average molecular weight is 232 g/mol. The molecule has 0 saturated heterocycles. The van der Waals surface area contributed by atoms with Gasteiger partial charge in [0, 0.05) is 7.05 Å². The third-order valence-electron chi connectivity index (χ3n) is 2.35. The Bertz CT molecular complexity index is 435. The van der Waals surface area contributed by atoms with Crippen molar-refractivity contribution in [1.82, 2.24) is 4.90 Å². The van der Waals surface area contributed by atoms with Gasteiger partial charge in [-0.2, -0.15) is 5.26 Å². The van der Waals surface area contributed by atoms with Gasteiger partial charge in [0.25, 0.3) is 0 Å². The molecule has 0 unspecified atom stereocenters. The minimum absolute atomic E-state index is 0.0166. The van der Waals surface area contributed by atoms with Crippen molar-refractivity contribution in [2.75, 3.05) is 13.6 Å². The fourth-order valence-corrected chi connectivity index (χ4v) is 1.29. The van der Waals surface area contributed by atoms with Gasteiger partial charge in [0.2, 0.25) is 0 Å². The Morgan fingerprint density at radius 1 is 1.53 bits per heavy atom. The molecule has 4 nitrogen and oxygen atoms in total. The number of carbonyl (C=O) groups is 1. The molecule has 1 amide bonds. The molecule has 90 valence electrons. The number of benzene rings is 1. The van der Waals surface area contributed by atoms with Crippen LogP contribution in [0.1, 0.15) is 25.3 Å². The molecule has 0 saturated carbocycles. The summed E-state index contributed by atoms with van der Waals surface area (Å²) in [6, 6.07) is 9.29. The zero-order chi connectivity index (χ0) is 12.8. The zero-order valence-corrected chi connectivity index (χ0v) is 10.3. The maximum Gasteiger partial charge on any atom is 0.415 e. The van der Waals surface area contributed by atoms with E-state index >= 15 is 0 Å². The van der Waals surface area contributed by atoms with Crippen LogP contribution >= 0.6 is 0 Å². The first kappa shape index (κ1) is 13.0. The number of hydrogen-bond donors (Lipinski definition) is 0. The van der Waals surface area contributed by atoms with Crippen LogP contribution in [-0.2, 0) is 0 Å². The van der Waals surface area contributed by atoms with Crippen molar-refractivity contribution in [1.29, 1.82) is 5.26 Å². The van der Waals surface area contributed by atoms with Crippen LogP contribution < -0.4 is 4.74 Å². The maximum absolute atomic E-state index is 11.5. The van der Waals surface area contributed by atoms with E-state index in [1.54, 1.807) is 6.07 Å². The van der Waals surface area contributed by atoms with Crippen LogP contribution in [0.5, 0.6) is 5.75 Å². The fraction of sp³-hybridized carbons (Fsp3) is 0.385. The predicted octanol–water partition coefficient (Wildman–Crippen LogP) is 2.76. The molecule has 1 aromatic rings. The second-order valence-electron chi connectivity index (χ2n) is 4.11. The molecule has 0 radical (unpaired) electrons. The quantitative estimate of drug-likeness (QED) is 0.753. The van der Waals surface area contributed by atoms with E-state index in [4.69, 9.17) is 10.00 Å². The Balaban J connectivity index is 2.72. The van der Waals surface area contributed by atoms with Crippen LogP contribution in [0.4, 0.5) is 4.79 Å². The predicted molar refractivity (Wildman–Crippen MR) is 64.8 cm³/mol. The van der Waals surface area contributed by atoms with E-state index in [1.807, 2.05) is 24.3 Å². The third kappa shape index (κ3) is 3.80. The van der Waals surface area contributed by atoms with E-state index < -0.39 is 6.09 Å². The summed E-state index contributed by atoms with van der Waals surface area (Å²) in [4.78, 5) is 12.8. The molecule has 1 aromatic carbocycles. The van der Waals surface area contributed by atoms with Crippen molar-refractivity contribution in [3.63, 3.8) is 0 Å². The Morgan fingerprint density at radius 2 is 2.24 bits per heavy atom. The first-order valence-electron chi connectivity index (χ1n) is 5.44. The van der Waals surface area contributed by atoms with E-state index in [-0.39, 0.29) is 6.54 Å². The summed E-state index contributed by atoms with van der Waals surface area (Å²) in [5.41, 5.74) is 1.11. The molecule has 0 aliphatic carbocycles. The molecule has 0 bridgehead atoms. The van der Waals surface area contributed by atoms with Crippen molar-refractivity contribution >= 4 is 6.09 Å². The van der Waals surface area contributed by atoms with Gasteiger partial charge in [0.1, 0.15) is 12.3 Å². The van der Waals surface area contributed by atoms with Gasteiger partial charge in [0.05, 0.1) is 6.07 Å². The highest BCUT2D eigenvalue weighted by molar-refractivity contribution is 5.70. The molecule has 0 spiro atoms. The van der Waals surface area contributed by atoms with Crippen molar-refractivity contribution in [2.24, 2.45) is 0 Å². The van der Waals surface area contributed by atoms with Gasteiger partial charge in [-0.25, -0.2) is 4.79 Å². The Labute approximate surface area is 101 Å². The minimum atomic E-state index is -0.521. The van der Waals surface area contributed by atoms with Crippen LogP contribution in [0, 0.1) is 11.3 Å². The van der Waals surface area contributed by atoms with Crippen molar-refractivity contribution in [2.45, 2.75) is 19.8 Å². The second kappa shape index (κ2) is 5.90. The highest BCUT2D eigenvalue weighted by Crippen LogP contribution is 2.20. The Kier molecular flexibility index (Phi) is 4.53. The molecule has 0 aromatic heterocycles. The molecule has 0 aliphatic rings. The fourth-order valence-electron chi connectivity index (χ4n) is 1.29. The van der Waals surface area contributed by atoms with Crippen LogP contribution in [0.2, 0.25) is 0 Å². The van der Waals surface area contributed by atoms with Crippen LogP contribution in [0.15, 0.2) is 24.3 Å². The van der Waals surface area contributed by atoms with Gasteiger partial charge in [0.15, 0.2) is 0 Å². The summed E-state index contributed by atoms with van der Waals surface area (Å²) < 4.78 is 5.16. The smallest absolute Gasteiger partial charge is 0.410 e. The van der Waals surface area contributed by atoms with Gasteiger partial charge in [-0.15, -0.1) is 0 Å². The van der Waals surface area contributed by atoms with Crippen LogP contribution in [0.3, 0.4) is 0 Å². The van der Waals surface area contributed by atoms with Crippen molar-refractivity contribution in [3.05, 3.63) is 29.8 Å². The molecule has 0 N–H and O–H groups in total. The molecule has 0 heterocycles. The standard InChI is InChI=1S/C13H16N2O2/c1-10(2)11-5-4-6-12(9-11)17-13(16)15(3)8-7-14/h4-6,9-10H,8H2,1-3H3. The summed E-state index contributed by atoms with van der Waals surface area (Å²) >= 11 is 0. The van der Waals surface area contributed by atoms with Gasteiger partial charge in [-0.3, -0.25) is 4.90 Å². The number of amides is 1. The maximum atomic E-state index is 11.5. The van der Waals surface area contributed by atoms with Crippen molar-refractivity contribution < 1.29 is 9.53 Å². The van der Waals surface area contributed by atoms with Gasteiger partial charge < -0.3 is 4.74 Å². The molecular formula is C13H16N2O2.